The van der Waals surface area contributed by atoms with Crippen molar-refractivity contribution in [2.45, 2.75) is 58.8 Å². The maximum absolute atomic E-state index is 12.9. The van der Waals surface area contributed by atoms with Crippen LogP contribution in [0, 0.1) is 17.8 Å². The van der Waals surface area contributed by atoms with Gasteiger partial charge in [0.25, 0.3) is 0 Å². The Morgan fingerprint density at radius 3 is 2.57 bits per heavy atom. The first-order valence-electron chi connectivity index (χ1n) is 7.94. The minimum absolute atomic E-state index is 0.0324. The van der Waals surface area contributed by atoms with Crippen molar-refractivity contribution >= 4 is 26.3 Å². The number of carbonyl (C=O) groups is 1. The molecule has 0 aromatic carbocycles. The Morgan fingerprint density at radius 1 is 1.43 bits per heavy atom. The summed E-state index contributed by atoms with van der Waals surface area (Å²) in [6.07, 6.45) is 6.34. The number of halogens is 2. The van der Waals surface area contributed by atoms with Gasteiger partial charge in [0.1, 0.15) is 0 Å². The molecule has 5 fully saturated rings. The van der Waals surface area contributed by atoms with Crippen LogP contribution in [0.3, 0.4) is 0 Å². The predicted octanol–water partition coefficient (Wildman–Crippen LogP) is -1.37. The first-order chi connectivity index (χ1) is 10.0. The van der Waals surface area contributed by atoms with Gasteiger partial charge in [0.2, 0.25) is 0 Å². The molecule has 3 saturated heterocycles. The summed E-state index contributed by atoms with van der Waals surface area (Å²) in [4.78, 5) is 12.9. The number of hydrogen-bond donors (Lipinski definition) is 3. The third-order valence-electron chi connectivity index (χ3n) is 6.25. The first kappa shape index (κ1) is 14.2. The molecule has 7 heteroatoms. The van der Waals surface area contributed by atoms with Gasteiger partial charge in [-0.05, 0) is 0 Å². The van der Waals surface area contributed by atoms with E-state index in [1.807, 2.05) is 0 Å². The van der Waals surface area contributed by atoms with Crippen molar-refractivity contribution in [3.05, 3.63) is 0 Å². The van der Waals surface area contributed by atoms with Crippen LogP contribution in [-0.4, -0.2) is 18.8 Å². The zero-order valence-corrected chi connectivity index (χ0v) is 16.7. The van der Waals surface area contributed by atoms with Crippen molar-refractivity contribution in [2.24, 2.45) is 17.8 Å². The molecule has 0 aromatic heterocycles. The van der Waals surface area contributed by atoms with E-state index in [1.54, 1.807) is 0 Å². The van der Waals surface area contributed by atoms with Gasteiger partial charge >= 0.3 is 144 Å². The molecule has 0 radical (unpaired) electrons. The van der Waals surface area contributed by atoms with Crippen LogP contribution in [0.2, 0.25) is 0 Å². The SMILES string of the molecule is CCC(C)(OC(=O)C1(C23NI2N3)N[I-]1)C1CC2CCC1C2. The molecule has 2 aliphatic carbocycles. The Kier molecular flexibility index (Phi) is 2.87. The van der Waals surface area contributed by atoms with Crippen LogP contribution in [0.25, 0.3) is 0 Å². The summed E-state index contributed by atoms with van der Waals surface area (Å²) < 4.78 is 16.3. The van der Waals surface area contributed by atoms with Crippen LogP contribution in [0.4, 0.5) is 0 Å². The van der Waals surface area contributed by atoms with Crippen LogP contribution in [0.1, 0.15) is 46.0 Å². The molecule has 2 saturated carbocycles. The normalized spacial score (nSPS) is 48.9. The average Bonchev–Trinajstić information content (AvgIpc) is 3.36. The van der Waals surface area contributed by atoms with Crippen molar-refractivity contribution < 1.29 is 31.0 Å². The van der Waals surface area contributed by atoms with E-state index in [4.69, 9.17) is 4.74 Å². The summed E-state index contributed by atoms with van der Waals surface area (Å²) in [5.74, 6) is 2.33. The average molecular weight is 518 g/mol. The molecule has 3 aliphatic heterocycles. The van der Waals surface area contributed by atoms with Crippen molar-refractivity contribution in [2.75, 3.05) is 0 Å². The third-order valence-corrected chi connectivity index (χ3v) is 14.7. The molecule has 2 bridgehead atoms. The number of rotatable bonds is 5. The second-order valence-corrected chi connectivity index (χ2v) is 14.3. The maximum atomic E-state index is 12.9. The number of hydrogen-bond acceptors (Lipinski definition) is 5. The van der Waals surface area contributed by atoms with Crippen LogP contribution in [0.5, 0.6) is 0 Å². The fourth-order valence-electron chi connectivity index (χ4n) is 4.57. The second kappa shape index (κ2) is 4.25. The molecule has 5 atom stereocenters. The number of carbonyl (C=O) groups excluding carboxylic acids is 1. The number of ether oxygens (including phenoxy) is 1. The molecule has 0 amide bonds. The van der Waals surface area contributed by atoms with Gasteiger partial charge in [-0.1, -0.05) is 0 Å². The second-order valence-electron chi connectivity index (χ2n) is 7.32. The molecule has 120 valence electrons. The van der Waals surface area contributed by atoms with Crippen LogP contribution in [-0.2, 0) is 9.53 Å². The molecular formula is C14H22I2N3O2-. The zero-order valence-electron chi connectivity index (χ0n) is 12.3. The molecular weight excluding hydrogens is 496 g/mol. The van der Waals surface area contributed by atoms with Gasteiger partial charge in [0, 0.05) is 0 Å². The van der Waals surface area contributed by atoms with E-state index in [1.165, 1.54) is 25.7 Å². The van der Waals surface area contributed by atoms with E-state index in [0.29, 0.717) is 5.92 Å². The van der Waals surface area contributed by atoms with Crippen LogP contribution < -0.4 is 32.1 Å². The monoisotopic (exact) mass is 518 g/mol. The fourth-order valence-corrected chi connectivity index (χ4v) is 14.6. The summed E-state index contributed by atoms with van der Waals surface area (Å²) >= 11 is -1.32. The summed E-state index contributed by atoms with van der Waals surface area (Å²) in [6, 6.07) is 0. The van der Waals surface area contributed by atoms with Gasteiger partial charge in [-0.3, -0.25) is 0 Å². The van der Waals surface area contributed by atoms with Gasteiger partial charge in [-0.25, -0.2) is 0 Å². The van der Waals surface area contributed by atoms with Gasteiger partial charge < -0.3 is 0 Å². The van der Waals surface area contributed by atoms with Gasteiger partial charge in [0.05, 0.1) is 0 Å². The summed E-state index contributed by atoms with van der Waals surface area (Å²) in [5, 5.41) is 0. The number of nitrogens with one attached hydrogen (secondary N) is 3. The van der Waals surface area contributed by atoms with E-state index in [9.17, 15) is 4.79 Å². The van der Waals surface area contributed by atoms with Gasteiger partial charge in [-0.2, -0.15) is 0 Å². The molecule has 5 nitrogen and oxygen atoms in total. The Labute approximate surface area is 143 Å². The van der Waals surface area contributed by atoms with Crippen LogP contribution >= 0.6 is 20.4 Å². The summed E-state index contributed by atoms with van der Waals surface area (Å²) in [7, 11) is 0. The van der Waals surface area contributed by atoms with E-state index in [-0.39, 0.29) is 40.3 Å². The molecule has 0 spiro atoms. The van der Waals surface area contributed by atoms with E-state index < -0.39 is 20.4 Å². The molecule has 3 N–H and O–H groups in total. The Balaban J connectivity index is 1.35. The minimum atomic E-state index is -1.09. The van der Waals surface area contributed by atoms with E-state index in [2.05, 4.69) is 24.4 Å². The van der Waals surface area contributed by atoms with Crippen LogP contribution in [0.15, 0.2) is 0 Å². The van der Waals surface area contributed by atoms with E-state index in [0.717, 1.165) is 18.3 Å². The Hall–Kier alpha value is 0.810. The quantitative estimate of drug-likeness (QED) is 0.105. The topological polar surface area (TPSA) is 92.1 Å². The molecule has 21 heavy (non-hydrogen) atoms. The zero-order chi connectivity index (χ0) is 14.5. The van der Waals surface area contributed by atoms with Crippen molar-refractivity contribution in [3.8, 4) is 0 Å². The molecule has 5 aliphatic rings. The molecule has 5 unspecified atom stereocenters. The summed E-state index contributed by atoms with van der Waals surface area (Å²) in [6.45, 7) is 4.38. The number of fused-ring (bicyclic) bond motifs is 3. The van der Waals surface area contributed by atoms with Crippen molar-refractivity contribution in [1.82, 2.24) is 10.6 Å². The van der Waals surface area contributed by atoms with Gasteiger partial charge in [0.15, 0.2) is 0 Å². The third kappa shape index (κ3) is 1.81. The Morgan fingerprint density at radius 2 is 2.14 bits per heavy atom. The predicted molar refractivity (Wildman–Crippen MR) is 82.6 cm³/mol. The summed E-state index contributed by atoms with van der Waals surface area (Å²) in [5.41, 5.74) is -0.253. The first-order valence-corrected chi connectivity index (χ1v) is 13.3. The molecule has 3 heterocycles. The standard InChI is InChI=1S/C14H22I2N3O2/c1-3-12(2,10-7-8-4-5-9(10)6-8)21-11(20)13(15-17-13)14-16(18-14)19-14/h8-10,17-19H,3-7H2,1-2H3/q-1. The fraction of sp³-hybridized carbons (Fsp3) is 0.929. The van der Waals surface area contributed by atoms with Crippen molar-refractivity contribution in [1.29, 1.82) is 0 Å². The van der Waals surface area contributed by atoms with Gasteiger partial charge in [-0.15, -0.1) is 0 Å². The van der Waals surface area contributed by atoms with Crippen molar-refractivity contribution in [3.63, 3.8) is 0 Å². The molecule has 0 aromatic rings. The van der Waals surface area contributed by atoms with E-state index >= 15 is 0 Å². The number of esters is 1. The Bertz CT molecular complexity index is 520. The molecule has 5 rings (SSSR count). The number of alkyl halides is 2.